The molecule has 0 aliphatic heterocycles. The first-order valence-electron chi connectivity index (χ1n) is 6.10. The number of hydrogen-bond donors (Lipinski definition) is 3. The van der Waals surface area contributed by atoms with Crippen LogP contribution in [0, 0.1) is 13.8 Å². The van der Waals surface area contributed by atoms with Crippen molar-refractivity contribution < 1.29 is 4.79 Å². The molecular formula is C12H17N7O. The highest BCUT2D eigenvalue weighted by molar-refractivity contribution is 5.92. The molecule has 2 aromatic rings. The zero-order chi connectivity index (χ0) is 14.7. The van der Waals surface area contributed by atoms with Gasteiger partial charge in [0.2, 0.25) is 0 Å². The molecule has 0 aliphatic rings. The average molecular weight is 275 g/mol. The summed E-state index contributed by atoms with van der Waals surface area (Å²) in [7, 11) is 1.87. The molecule has 0 spiro atoms. The van der Waals surface area contributed by atoms with Gasteiger partial charge >= 0.3 is 0 Å². The Hall–Kier alpha value is -2.48. The number of carbonyl (C=O) groups excluding carboxylic acids is 1. The fourth-order valence-electron chi connectivity index (χ4n) is 1.86. The zero-order valence-corrected chi connectivity index (χ0v) is 11.6. The van der Waals surface area contributed by atoms with Crippen molar-refractivity contribution in [1.82, 2.24) is 25.3 Å². The quantitative estimate of drug-likeness (QED) is 0.537. The Kier molecular flexibility index (Phi) is 3.94. The van der Waals surface area contributed by atoms with E-state index in [9.17, 15) is 4.79 Å². The Balaban J connectivity index is 2.04. The van der Waals surface area contributed by atoms with Crippen LogP contribution >= 0.6 is 0 Å². The van der Waals surface area contributed by atoms with Gasteiger partial charge in [-0.2, -0.15) is 5.10 Å². The highest BCUT2D eigenvalue weighted by atomic mass is 16.1. The van der Waals surface area contributed by atoms with E-state index in [1.165, 1.54) is 0 Å². The molecule has 0 saturated carbocycles. The lowest BCUT2D eigenvalue weighted by molar-refractivity contribution is 0.0945. The topological polar surface area (TPSA) is 111 Å². The molecule has 106 valence electrons. The number of hydrazine groups is 1. The highest BCUT2D eigenvalue weighted by Gasteiger charge is 2.12. The van der Waals surface area contributed by atoms with Crippen molar-refractivity contribution in [2.45, 2.75) is 20.4 Å². The Labute approximate surface area is 116 Å². The normalized spacial score (nSPS) is 10.4. The van der Waals surface area contributed by atoms with E-state index in [1.54, 1.807) is 16.8 Å². The van der Waals surface area contributed by atoms with Gasteiger partial charge in [-0.3, -0.25) is 9.48 Å². The predicted molar refractivity (Wildman–Crippen MR) is 73.7 cm³/mol. The molecule has 20 heavy (non-hydrogen) atoms. The van der Waals surface area contributed by atoms with E-state index in [-0.39, 0.29) is 11.6 Å². The monoisotopic (exact) mass is 275 g/mol. The number of nitrogens with one attached hydrogen (secondary N) is 2. The standard InChI is InChI=1S/C12H17N7O/c1-7-9(8(2)19(3)18-7)6-14-12(20)10-4-5-11(15-13)17-16-10/h4-5H,6,13H2,1-3H3,(H,14,20)(H,15,17). The van der Waals surface area contributed by atoms with Crippen LogP contribution in [-0.2, 0) is 13.6 Å². The molecule has 0 radical (unpaired) electrons. The number of hydrogen-bond acceptors (Lipinski definition) is 6. The second-order valence-corrected chi connectivity index (χ2v) is 4.40. The average Bonchev–Trinajstić information content (AvgIpc) is 2.70. The lowest BCUT2D eigenvalue weighted by Gasteiger charge is -2.05. The number of carbonyl (C=O) groups is 1. The number of nitrogen functional groups attached to an aromatic ring is 1. The van der Waals surface area contributed by atoms with Gasteiger partial charge in [0.15, 0.2) is 11.5 Å². The minimum absolute atomic E-state index is 0.239. The third-order valence-corrected chi connectivity index (χ3v) is 3.13. The summed E-state index contributed by atoms with van der Waals surface area (Å²) in [6.07, 6.45) is 0. The molecule has 0 bridgehead atoms. The number of aromatic nitrogens is 4. The molecule has 8 heteroatoms. The molecule has 8 nitrogen and oxygen atoms in total. The van der Waals surface area contributed by atoms with E-state index < -0.39 is 0 Å². The van der Waals surface area contributed by atoms with E-state index in [0.29, 0.717) is 12.4 Å². The number of nitrogens with two attached hydrogens (primary N) is 1. The number of rotatable bonds is 4. The number of anilines is 1. The smallest absolute Gasteiger partial charge is 0.272 e. The molecule has 0 aromatic carbocycles. The molecule has 0 unspecified atom stereocenters. The summed E-state index contributed by atoms with van der Waals surface area (Å²) in [5.41, 5.74) is 5.53. The fourth-order valence-corrected chi connectivity index (χ4v) is 1.86. The van der Waals surface area contributed by atoms with E-state index in [2.05, 4.69) is 26.0 Å². The van der Waals surface area contributed by atoms with Gasteiger partial charge in [0.25, 0.3) is 5.91 Å². The van der Waals surface area contributed by atoms with Crippen molar-refractivity contribution in [1.29, 1.82) is 0 Å². The van der Waals surface area contributed by atoms with Crippen LogP contribution in [-0.4, -0.2) is 25.9 Å². The van der Waals surface area contributed by atoms with Crippen LogP contribution < -0.4 is 16.6 Å². The van der Waals surface area contributed by atoms with Gasteiger partial charge in [-0.15, -0.1) is 10.2 Å². The molecule has 0 saturated heterocycles. The minimum Gasteiger partial charge on any atom is -0.346 e. The van der Waals surface area contributed by atoms with Crippen LogP contribution in [0.5, 0.6) is 0 Å². The fraction of sp³-hybridized carbons (Fsp3) is 0.333. The molecule has 2 heterocycles. The maximum Gasteiger partial charge on any atom is 0.272 e. The number of nitrogens with zero attached hydrogens (tertiary/aromatic N) is 4. The highest BCUT2D eigenvalue weighted by Crippen LogP contribution is 2.11. The molecule has 4 N–H and O–H groups in total. The Bertz CT molecular complexity index is 617. The van der Waals surface area contributed by atoms with Gasteiger partial charge in [-0.1, -0.05) is 0 Å². The molecule has 0 atom stereocenters. The molecule has 0 aliphatic carbocycles. The first kappa shape index (κ1) is 13.9. The maximum absolute atomic E-state index is 12.0. The largest absolute Gasteiger partial charge is 0.346 e. The van der Waals surface area contributed by atoms with Gasteiger partial charge in [-0.05, 0) is 26.0 Å². The molecule has 0 fully saturated rings. The number of aryl methyl sites for hydroxylation is 2. The molecule has 2 aromatic heterocycles. The summed E-state index contributed by atoms with van der Waals surface area (Å²) in [6.45, 7) is 4.28. The van der Waals surface area contributed by atoms with Crippen LogP contribution in [0.25, 0.3) is 0 Å². The Morgan fingerprint density at radius 1 is 1.35 bits per heavy atom. The summed E-state index contributed by atoms with van der Waals surface area (Å²) in [5.74, 6) is 5.30. The van der Waals surface area contributed by atoms with Crippen LogP contribution in [0.1, 0.15) is 27.4 Å². The summed E-state index contributed by atoms with van der Waals surface area (Å²) >= 11 is 0. The first-order chi connectivity index (χ1) is 9.52. The van der Waals surface area contributed by atoms with E-state index in [0.717, 1.165) is 17.0 Å². The van der Waals surface area contributed by atoms with Crippen molar-refractivity contribution in [3.8, 4) is 0 Å². The summed E-state index contributed by atoms with van der Waals surface area (Å²) in [4.78, 5) is 12.0. The lowest BCUT2D eigenvalue weighted by Crippen LogP contribution is -2.25. The molecule has 1 amide bonds. The molecule has 2 rings (SSSR count). The van der Waals surface area contributed by atoms with E-state index >= 15 is 0 Å². The Morgan fingerprint density at radius 3 is 2.60 bits per heavy atom. The summed E-state index contributed by atoms with van der Waals surface area (Å²) < 4.78 is 1.79. The van der Waals surface area contributed by atoms with E-state index in [4.69, 9.17) is 5.84 Å². The van der Waals surface area contributed by atoms with Crippen molar-refractivity contribution in [2.75, 3.05) is 5.43 Å². The predicted octanol–water partition coefficient (Wildman–Crippen LogP) is 0.0425. The third kappa shape index (κ3) is 2.75. The van der Waals surface area contributed by atoms with Gasteiger partial charge in [0.05, 0.1) is 5.69 Å². The summed E-state index contributed by atoms with van der Waals surface area (Å²) in [6, 6.07) is 3.14. The van der Waals surface area contributed by atoms with Crippen molar-refractivity contribution in [3.05, 3.63) is 34.8 Å². The van der Waals surface area contributed by atoms with E-state index in [1.807, 2.05) is 20.9 Å². The van der Waals surface area contributed by atoms with Gasteiger partial charge in [-0.25, -0.2) is 5.84 Å². The third-order valence-electron chi connectivity index (χ3n) is 3.13. The van der Waals surface area contributed by atoms with Gasteiger partial charge in [0.1, 0.15) is 0 Å². The maximum atomic E-state index is 12.0. The minimum atomic E-state index is -0.288. The summed E-state index contributed by atoms with van der Waals surface area (Å²) in [5, 5.41) is 14.6. The van der Waals surface area contributed by atoms with Crippen molar-refractivity contribution in [3.63, 3.8) is 0 Å². The molecular weight excluding hydrogens is 258 g/mol. The van der Waals surface area contributed by atoms with Crippen LogP contribution in [0.4, 0.5) is 5.82 Å². The Morgan fingerprint density at radius 2 is 2.10 bits per heavy atom. The SMILES string of the molecule is Cc1nn(C)c(C)c1CNC(=O)c1ccc(NN)nn1. The van der Waals surface area contributed by atoms with Crippen LogP contribution in [0.2, 0.25) is 0 Å². The number of amides is 1. The second kappa shape index (κ2) is 5.66. The second-order valence-electron chi connectivity index (χ2n) is 4.40. The van der Waals surface area contributed by atoms with Crippen molar-refractivity contribution in [2.24, 2.45) is 12.9 Å². The van der Waals surface area contributed by atoms with Gasteiger partial charge in [0, 0.05) is 24.8 Å². The van der Waals surface area contributed by atoms with Crippen molar-refractivity contribution >= 4 is 11.7 Å². The zero-order valence-electron chi connectivity index (χ0n) is 11.6. The van der Waals surface area contributed by atoms with Crippen LogP contribution in [0.15, 0.2) is 12.1 Å². The first-order valence-corrected chi connectivity index (χ1v) is 6.10. The van der Waals surface area contributed by atoms with Gasteiger partial charge < -0.3 is 10.7 Å². The lowest BCUT2D eigenvalue weighted by atomic mass is 10.2. The van der Waals surface area contributed by atoms with Crippen LogP contribution in [0.3, 0.4) is 0 Å².